The highest BCUT2D eigenvalue weighted by molar-refractivity contribution is 7.84. The first-order valence-corrected chi connectivity index (χ1v) is 9.51. The van der Waals surface area contributed by atoms with Crippen molar-refractivity contribution in [2.24, 2.45) is 0 Å². The van der Waals surface area contributed by atoms with E-state index >= 15 is 0 Å². The maximum atomic E-state index is 13.2. The summed E-state index contributed by atoms with van der Waals surface area (Å²) in [5, 5.41) is 2.66. The lowest BCUT2D eigenvalue weighted by atomic mass is 10.2. The molecule has 0 aliphatic rings. The minimum absolute atomic E-state index is 0.119. The van der Waals surface area contributed by atoms with Gasteiger partial charge in [0.25, 0.3) is 5.91 Å². The molecule has 1 amide bonds. The Morgan fingerprint density at radius 2 is 1.93 bits per heavy atom. The molecule has 0 aliphatic heterocycles. The van der Waals surface area contributed by atoms with Crippen LogP contribution in [0, 0.1) is 5.82 Å². The fourth-order valence-electron chi connectivity index (χ4n) is 2.43. The van der Waals surface area contributed by atoms with Gasteiger partial charge in [-0.15, -0.1) is 0 Å². The standard InChI is InChI=1S/C20H18FNO4S/c1-25-16-5-8-18(9-6-16)27(24)13-17-7-10-19(26-17)20(23)22-12-14-3-2-4-15(21)11-14/h2-11H,12-13H2,1H3,(H,22,23)/t27-/m1/s1. The third-order valence-corrected chi connectivity index (χ3v) is 5.17. The Morgan fingerprint density at radius 3 is 2.63 bits per heavy atom. The van der Waals surface area contributed by atoms with Crippen molar-refractivity contribution in [3.8, 4) is 5.75 Å². The van der Waals surface area contributed by atoms with Crippen LogP contribution in [0.4, 0.5) is 4.39 Å². The maximum Gasteiger partial charge on any atom is 0.287 e. The molecule has 3 rings (SSSR count). The number of benzene rings is 2. The second kappa shape index (κ2) is 8.64. The summed E-state index contributed by atoms with van der Waals surface area (Å²) in [5.41, 5.74) is 0.649. The Bertz CT molecular complexity index is 953. The van der Waals surface area contributed by atoms with Gasteiger partial charge in [0.05, 0.1) is 23.7 Å². The van der Waals surface area contributed by atoms with Gasteiger partial charge in [-0.1, -0.05) is 12.1 Å². The van der Waals surface area contributed by atoms with Crippen molar-refractivity contribution in [1.82, 2.24) is 5.32 Å². The third-order valence-electron chi connectivity index (χ3n) is 3.82. The molecule has 3 aromatic rings. The topological polar surface area (TPSA) is 68.5 Å². The Morgan fingerprint density at radius 1 is 1.15 bits per heavy atom. The van der Waals surface area contributed by atoms with Crippen molar-refractivity contribution in [2.45, 2.75) is 17.2 Å². The summed E-state index contributed by atoms with van der Waals surface area (Å²) in [4.78, 5) is 12.8. The van der Waals surface area contributed by atoms with Crippen LogP contribution in [0.2, 0.25) is 0 Å². The SMILES string of the molecule is COc1ccc([S@](=O)Cc2ccc(C(=O)NCc3cccc(F)c3)o2)cc1. The third kappa shape index (κ3) is 5.04. The molecule has 0 unspecified atom stereocenters. The largest absolute Gasteiger partial charge is 0.497 e. The quantitative estimate of drug-likeness (QED) is 0.672. The van der Waals surface area contributed by atoms with Gasteiger partial charge in [0.15, 0.2) is 5.76 Å². The maximum absolute atomic E-state index is 13.2. The summed E-state index contributed by atoms with van der Waals surface area (Å²) in [6.45, 7) is 0.185. The fourth-order valence-corrected chi connectivity index (χ4v) is 3.45. The summed E-state index contributed by atoms with van der Waals surface area (Å²) in [5.74, 6) is 0.631. The second-order valence-electron chi connectivity index (χ2n) is 5.74. The van der Waals surface area contributed by atoms with Crippen LogP contribution in [0.1, 0.15) is 21.9 Å². The smallest absolute Gasteiger partial charge is 0.287 e. The second-order valence-corrected chi connectivity index (χ2v) is 7.20. The number of ether oxygens (including phenoxy) is 1. The minimum atomic E-state index is -1.30. The summed E-state index contributed by atoms with van der Waals surface area (Å²) in [6, 6.07) is 16.1. The van der Waals surface area contributed by atoms with Crippen molar-refractivity contribution >= 4 is 16.7 Å². The van der Waals surface area contributed by atoms with E-state index in [0.717, 1.165) is 0 Å². The molecule has 1 aromatic heterocycles. The number of methoxy groups -OCH3 is 1. The van der Waals surface area contributed by atoms with E-state index < -0.39 is 16.7 Å². The van der Waals surface area contributed by atoms with Gasteiger partial charge in [-0.05, 0) is 54.1 Å². The van der Waals surface area contributed by atoms with Crippen LogP contribution in [0.5, 0.6) is 5.75 Å². The van der Waals surface area contributed by atoms with Crippen molar-refractivity contribution < 1.29 is 22.5 Å². The molecule has 1 heterocycles. The molecule has 1 N–H and O–H groups in total. The highest BCUT2D eigenvalue weighted by atomic mass is 32.2. The Labute approximate surface area is 158 Å². The van der Waals surface area contributed by atoms with E-state index in [1.807, 2.05) is 0 Å². The van der Waals surface area contributed by atoms with Crippen LogP contribution >= 0.6 is 0 Å². The number of hydrogen-bond acceptors (Lipinski definition) is 4. The fraction of sp³-hybridized carbons (Fsp3) is 0.150. The average Bonchev–Trinajstić information content (AvgIpc) is 3.15. The highest BCUT2D eigenvalue weighted by Gasteiger charge is 2.14. The Hall–Kier alpha value is -2.93. The number of rotatable bonds is 7. The zero-order chi connectivity index (χ0) is 19.2. The minimum Gasteiger partial charge on any atom is -0.497 e. The van der Waals surface area contributed by atoms with Gasteiger partial charge in [0, 0.05) is 11.4 Å². The van der Waals surface area contributed by atoms with Crippen LogP contribution in [-0.2, 0) is 23.1 Å². The van der Waals surface area contributed by atoms with E-state index in [2.05, 4.69) is 5.32 Å². The molecule has 0 saturated heterocycles. The number of furan rings is 1. The summed E-state index contributed by atoms with van der Waals surface area (Å²) in [6.07, 6.45) is 0. The molecule has 0 aliphatic carbocycles. The summed E-state index contributed by atoms with van der Waals surface area (Å²) >= 11 is 0. The summed E-state index contributed by atoms with van der Waals surface area (Å²) in [7, 11) is 0.262. The molecular weight excluding hydrogens is 369 g/mol. The van der Waals surface area contributed by atoms with Crippen molar-refractivity contribution in [1.29, 1.82) is 0 Å². The number of carbonyl (C=O) groups is 1. The highest BCUT2D eigenvalue weighted by Crippen LogP contribution is 2.18. The van der Waals surface area contributed by atoms with Gasteiger partial charge in [-0.25, -0.2) is 4.39 Å². The molecule has 0 radical (unpaired) electrons. The molecule has 0 fully saturated rings. The predicted molar refractivity (Wildman–Crippen MR) is 99.4 cm³/mol. The molecule has 27 heavy (non-hydrogen) atoms. The first kappa shape index (κ1) is 18.8. The number of halogens is 1. The van der Waals surface area contributed by atoms with Crippen LogP contribution < -0.4 is 10.1 Å². The lowest BCUT2D eigenvalue weighted by Gasteiger charge is -2.04. The molecule has 0 bridgehead atoms. The lowest BCUT2D eigenvalue weighted by molar-refractivity contribution is 0.0921. The van der Waals surface area contributed by atoms with E-state index in [1.165, 1.54) is 18.2 Å². The van der Waals surface area contributed by atoms with E-state index in [1.54, 1.807) is 49.6 Å². The Kier molecular flexibility index (Phi) is 6.03. The van der Waals surface area contributed by atoms with E-state index in [-0.39, 0.29) is 23.9 Å². The molecule has 0 saturated carbocycles. The molecule has 2 aromatic carbocycles. The molecule has 5 nitrogen and oxygen atoms in total. The normalized spacial score (nSPS) is 11.8. The van der Waals surface area contributed by atoms with Crippen LogP contribution in [0.3, 0.4) is 0 Å². The zero-order valence-corrected chi connectivity index (χ0v) is 15.4. The monoisotopic (exact) mass is 387 g/mol. The number of hydrogen-bond donors (Lipinski definition) is 1. The van der Waals surface area contributed by atoms with Crippen LogP contribution in [0.25, 0.3) is 0 Å². The van der Waals surface area contributed by atoms with E-state index in [9.17, 15) is 13.4 Å². The number of carbonyl (C=O) groups excluding carboxylic acids is 1. The van der Waals surface area contributed by atoms with Gasteiger partial charge in [-0.2, -0.15) is 0 Å². The van der Waals surface area contributed by atoms with Crippen LogP contribution in [0.15, 0.2) is 70.0 Å². The molecule has 7 heteroatoms. The van der Waals surface area contributed by atoms with E-state index in [4.69, 9.17) is 9.15 Å². The number of amides is 1. The van der Waals surface area contributed by atoms with Gasteiger partial charge < -0.3 is 14.5 Å². The first-order chi connectivity index (χ1) is 13.0. The predicted octanol–water partition coefficient (Wildman–Crippen LogP) is 3.67. The number of nitrogens with one attached hydrogen (secondary N) is 1. The van der Waals surface area contributed by atoms with E-state index in [0.29, 0.717) is 22.0 Å². The average molecular weight is 387 g/mol. The first-order valence-electron chi connectivity index (χ1n) is 8.19. The summed E-state index contributed by atoms with van der Waals surface area (Å²) < 4.78 is 36.1. The van der Waals surface area contributed by atoms with Crippen molar-refractivity contribution in [3.05, 3.63) is 83.6 Å². The lowest BCUT2D eigenvalue weighted by Crippen LogP contribution is -2.22. The van der Waals surface area contributed by atoms with Gasteiger partial charge in [-0.3, -0.25) is 9.00 Å². The van der Waals surface area contributed by atoms with Gasteiger partial charge >= 0.3 is 0 Å². The van der Waals surface area contributed by atoms with Gasteiger partial charge in [0.2, 0.25) is 0 Å². The van der Waals surface area contributed by atoms with Crippen LogP contribution in [-0.4, -0.2) is 17.2 Å². The molecule has 0 spiro atoms. The molecule has 1 atom stereocenters. The Balaban J connectivity index is 1.58. The zero-order valence-electron chi connectivity index (χ0n) is 14.6. The van der Waals surface area contributed by atoms with Gasteiger partial charge in [0.1, 0.15) is 17.3 Å². The molecular formula is C20H18FNO4S. The van der Waals surface area contributed by atoms with Crippen molar-refractivity contribution in [3.63, 3.8) is 0 Å². The molecule has 140 valence electrons. The van der Waals surface area contributed by atoms with Crippen molar-refractivity contribution in [2.75, 3.05) is 7.11 Å².